The van der Waals surface area contributed by atoms with Gasteiger partial charge in [0.1, 0.15) is 11.5 Å². The molecular weight excluding hydrogens is 256 g/mol. The number of rotatable bonds is 2. The molecule has 2 bridgehead atoms. The van der Waals surface area contributed by atoms with Crippen molar-refractivity contribution >= 4 is 5.91 Å². The Bertz CT molecular complexity index is 518. The van der Waals surface area contributed by atoms with Gasteiger partial charge in [0.15, 0.2) is 0 Å². The molecule has 2 unspecified atom stereocenters. The Morgan fingerprint density at radius 1 is 1.35 bits per heavy atom. The third-order valence-electron chi connectivity index (χ3n) is 4.44. The monoisotopic (exact) mass is 276 g/mol. The minimum Gasteiger partial charge on any atom is -0.507 e. The first-order chi connectivity index (χ1) is 9.60. The summed E-state index contributed by atoms with van der Waals surface area (Å²) in [6.45, 7) is 0. The number of methoxy groups -OCH3 is 1. The van der Waals surface area contributed by atoms with Crippen LogP contribution in [0.2, 0.25) is 0 Å². The Morgan fingerprint density at radius 3 is 2.55 bits per heavy atom. The van der Waals surface area contributed by atoms with Crippen molar-refractivity contribution in [1.82, 2.24) is 4.90 Å². The first kappa shape index (κ1) is 13.2. The van der Waals surface area contributed by atoms with Crippen molar-refractivity contribution in [2.24, 2.45) is 5.73 Å². The van der Waals surface area contributed by atoms with Gasteiger partial charge in [-0.2, -0.15) is 0 Å². The van der Waals surface area contributed by atoms with Crippen LogP contribution in [0.4, 0.5) is 0 Å². The van der Waals surface area contributed by atoms with E-state index in [1.54, 1.807) is 12.1 Å². The predicted octanol–water partition coefficient (Wildman–Crippen LogP) is 1.50. The molecule has 2 saturated heterocycles. The van der Waals surface area contributed by atoms with E-state index in [9.17, 15) is 9.90 Å². The SMILES string of the molecule is COc1ccc(C(=O)N2C3CCC2CC(N)C3)c(O)c1. The van der Waals surface area contributed by atoms with Gasteiger partial charge in [-0.1, -0.05) is 0 Å². The molecule has 3 N–H and O–H groups in total. The van der Waals surface area contributed by atoms with Gasteiger partial charge >= 0.3 is 0 Å². The number of carbonyl (C=O) groups excluding carboxylic acids is 1. The molecule has 1 aromatic carbocycles. The van der Waals surface area contributed by atoms with Crippen molar-refractivity contribution in [2.75, 3.05) is 7.11 Å². The lowest BCUT2D eigenvalue weighted by molar-refractivity contribution is 0.0572. The van der Waals surface area contributed by atoms with E-state index in [1.165, 1.54) is 13.2 Å². The van der Waals surface area contributed by atoms with E-state index < -0.39 is 0 Å². The van der Waals surface area contributed by atoms with Gasteiger partial charge in [0.05, 0.1) is 12.7 Å². The molecule has 2 aliphatic heterocycles. The molecular formula is C15H20N2O3. The average Bonchev–Trinajstić information content (AvgIpc) is 2.70. The maximum atomic E-state index is 12.7. The molecule has 2 heterocycles. The van der Waals surface area contributed by atoms with Gasteiger partial charge in [0, 0.05) is 24.2 Å². The van der Waals surface area contributed by atoms with Gasteiger partial charge in [-0.15, -0.1) is 0 Å². The highest BCUT2D eigenvalue weighted by atomic mass is 16.5. The Morgan fingerprint density at radius 2 is 2.00 bits per heavy atom. The molecule has 1 aromatic rings. The first-order valence-electron chi connectivity index (χ1n) is 7.05. The van der Waals surface area contributed by atoms with E-state index in [1.807, 2.05) is 4.90 Å². The number of nitrogens with two attached hydrogens (primary N) is 1. The molecule has 0 radical (unpaired) electrons. The molecule has 20 heavy (non-hydrogen) atoms. The van der Waals surface area contributed by atoms with Crippen molar-refractivity contribution in [2.45, 2.75) is 43.8 Å². The third kappa shape index (κ3) is 2.12. The lowest BCUT2D eigenvalue weighted by atomic mass is 9.97. The summed E-state index contributed by atoms with van der Waals surface area (Å²) in [5, 5.41) is 10.0. The second-order valence-corrected chi connectivity index (χ2v) is 5.71. The largest absolute Gasteiger partial charge is 0.507 e. The molecule has 0 aromatic heterocycles. The van der Waals surface area contributed by atoms with Crippen molar-refractivity contribution in [3.8, 4) is 11.5 Å². The number of piperidine rings is 1. The number of ether oxygens (including phenoxy) is 1. The minimum absolute atomic E-state index is 0.0244. The average molecular weight is 276 g/mol. The number of amides is 1. The van der Waals surface area contributed by atoms with Gasteiger partial charge in [-0.3, -0.25) is 4.79 Å². The topological polar surface area (TPSA) is 75.8 Å². The predicted molar refractivity (Wildman–Crippen MR) is 74.8 cm³/mol. The number of phenols is 1. The van der Waals surface area contributed by atoms with E-state index >= 15 is 0 Å². The zero-order chi connectivity index (χ0) is 14.3. The molecule has 5 heteroatoms. The van der Waals surface area contributed by atoms with Gasteiger partial charge in [-0.05, 0) is 37.8 Å². The summed E-state index contributed by atoms with van der Waals surface area (Å²) in [4.78, 5) is 14.6. The van der Waals surface area contributed by atoms with Crippen LogP contribution in [-0.4, -0.2) is 41.1 Å². The highest BCUT2D eigenvalue weighted by molar-refractivity contribution is 5.97. The summed E-state index contributed by atoms with van der Waals surface area (Å²) in [5.41, 5.74) is 6.37. The zero-order valence-corrected chi connectivity index (χ0v) is 11.6. The number of hydrogen-bond acceptors (Lipinski definition) is 4. The molecule has 1 amide bonds. The number of nitrogens with zero attached hydrogens (tertiary/aromatic N) is 1. The zero-order valence-electron chi connectivity index (χ0n) is 11.6. The summed E-state index contributed by atoms with van der Waals surface area (Å²) in [6, 6.07) is 5.44. The maximum absolute atomic E-state index is 12.7. The van der Waals surface area contributed by atoms with Crippen LogP contribution in [0.5, 0.6) is 11.5 Å². The lowest BCUT2D eigenvalue weighted by Crippen LogP contribution is -2.50. The van der Waals surface area contributed by atoms with Crippen molar-refractivity contribution in [3.63, 3.8) is 0 Å². The smallest absolute Gasteiger partial charge is 0.258 e. The summed E-state index contributed by atoms with van der Waals surface area (Å²) >= 11 is 0. The van der Waals surface area contributed by atoms with Gasteiger partial charge in [0.2, 0.25) is 0 Å². The Balaban J connectivity index is 1.86. The molecule has 3 rings (SSSR count). The Kier molecular flexibility index (Phi) is 3.30. The standard InChI is InChI=1S/C15H20N2O3/c1-20-12-4-5-13(14(18)8-12)15(19)17-10-2-3-11(17)7-9(16)6-10/h4-5,8-11,18H,2-3,6-7,16H2,1H3. The summed E-state index contributed by atoms with van der Waals surface area (Å²) in [7, 11) is 1.53. The van der Waals surface area contributed by atoms with Crippen LogP contribution in [0.25, 0.3) is 0 Å². The van der Waals surface area contributed by atoms with E-state index in [4.69, 9.17) is 10.5 Å². The second-order valence-electron chi connectivity index (χ2n) is 5.71. The van der Waals surface area contributed by atoms with Crippen LogP contribution >= 0.6 is 0 Å². The van der Waals surface area contributed by atoms with Crippen molar-refractivity contribution in [3.05, 3.63) is 23.8 Å². The fourth-order valence-corrected chi connectivity index (χ4v) is 3.51. The Labute approximate surface area is 118 Å². The summed E-state index contributed by atoms with van der Waals surface area (Å²) in [5.74, 6) is 0.427. The van der Waals surface area contributed by atoms with Crippen molar-refractivity contribution < 1.29 is 14.6 Å². The highest BCUT2D eigenvalue weighted by Gasteiger charge is 2.42. The normalized spacial score (nSPS) is 28.5. The number of benzene rings is 1. The summed E-state index contributed by atoms with van der Waals surface area (Å²) < 4.78 is 5.04. The van der Waals surface area contributed by atoms with Crippen LogP contribution in [0.3, 0.4) is 0 Å². The first-order valence-corrected chi connectivity index (χ1v) is 7.05. The van der Waals surface area contributed by atoms with Crippen LogP contribution in [0.15, 0.2) is 18.2 Å². The Hall–Kier alpha value is -1.75. The fraction of sp³-hybridized carbons (Fsp3) is 0.533. The van der Waals surface area contributed by atoms with Crippen LogP contribution in [-0.2, 0) is 0 Å². The van der Waals surface area contributed by atoms with Gasteiger partial charge < -0.3 is 20.5 Å². The third-order valence-corrected chi connectivity index (χ3v) is 4.44. The van der Waals surface area contributed by atoms with E-state index in [2.05, 4.69) is 0 Å². The van der Waals surface area contributed by atoms with E-state index in [0.717, 1.165) is 25.7 Å². The molecule has 0 saturated carbocycles. The highest BCUT2D eigenvalue weighted by Crippen LogP contribution is 2.37. The number of fused-ring (bicyclic) bond motifs is 2. The lowest BCUT2D eigenvalue weighted by Gasteiger charge is -2.37. The summed E-state index contributed by atoms with van der Waals surface area (Å²) in [6.07, 6.45) is 3.75. The number of phenolic OH excluding ortho intramolecular Hbond substituents is 1. The quantitative estimate of drug-likeness (QED) is 0.858. The van der Waals surface area contributed by atoms with E-state index in [-0.39, 0.29) is 29.8 Å². The number of carbonyl (C=O) groups is 1. The molecule has 0 spiro atoms. The van der Waals surface area contributed by atoms with Crippen molar-refractivity contribution in [1.29, 1.82) is 0 Å². The molecule has 108 valence electrons. The number of hydrogen-bond donors (Lipinski definition) is 2. The van der Waals surface area contributed by atoms with Gasteiger partial charge in [0.25, 0.3) is 5.91 Å². The minimum atomic E-state index is -0.0930. The van der Waals surface area contributed by atoms with Crippen LogP contribution in [0.1, 0.15) is 36.0 Å². The second kappa shape index (κ2) is 4.98. The number of aromatic hydroxyl groups is 1. The molecule has 2 aliphatic rings. The molecule has 5 nitrogen and oxygen atoms in total. The molecule has 2 atom stereocenters. The van der Waals surface area contributed by atoms with Gasteiger partial charge in [-0.25, -0.2) is 0 Å². The van der Waals surface area contributed by atoms with Crippen LogP contribution in [0, 0.1) is 0 Å². The molecule has 0 aliphatic carbocycles. The maximum Gasteiger partial charge on any atom is 0.258 e. The molecule has 2 fully saturated rings. The fourth-order valence-electron chi connectivity index (χ4n) is 3.51. The van der Waals surface area contributed by atoms with Crippen LogP contribution < -0.4 is 10.5 Å². The van der Waals surface area contributed by atoms with E-state index in [0.29, 0.717) is 11.3 Å².